The lowest BCUT2D eigenvalue weighted by Gasteiger charge is -2.28. The Balaban J connectivity index is 0.000000720. The van der Waals surface area contributed by atoms with Crippen molar-refractivity contribution in [1.29, 1.82) is 0 Å². The average molecular weight is 189 g/mol. The Bertz CT molecular complexity index is 221. The molecular weight excluding hydrogens is 176 g/mol. The summed E-state index contributed by atoms with van der Waals surface area (Å²) in [5.41, 5.74) is 0. The molecule has 1 aliphatic rings. The molecule has 3 nitrogen and oxygen atoms in total. The quantitative estimate of drug-likeness (QED) is 0.742. The van der Waals surface area contributed by atoms with Crippen LogP contribution in [0.25, 0.3) is 0 Å². The zero-order valence-electron chi connectivity index (χ0n) is 6.73. The van der Waals surface area contributed by atoms with Gasteiger partial charge >= 0.3 is 0 Å². The lowest BCUT2D eigenvalue weighted by molar-refractivity contribution is 0.0556. The first kappa shape index (κ1) is 9.55. The van der Waals surface area contributed by atoms with Gasteiger partial charge in [-0.25, -0.2) is 4.98 Å². The van der Waals surface area contributed by atoms with Crippen molar-refractivity contribution in [2.24, 2.45) is 5.92 Å². The molecule has 4 heteroatoms. The van der Waals surface area contributed by atoms with Crippen LogP contribution in [0.1, 0.15) is 31.2 Å². The van der Waals surface area contributed by atoms with E-state index in [-0.39, 0.29) is 18.5 Å². The zero-order valence-corrected chi connectivity index (χ0v) is 7.55. The van der Waals surface area contributed by atoms with Crippen LogP contribution in [0.15, 0.2) is 12.4 Å². The largest absolute Gasteiger partial charge is 0.385 e. The van der Waals surface area contributed by atoms with Gasteiger partial charge in [-0.15, -0.1) is 12.4 Å². The van der Waals surface area contributed by atoms with E-state index < -0.39 is 0 Å². The standard InChI is InChI=1S/C8H12N2O.ClH/c11-7(6-2-1-3-6)8-9-4-5-10-8;/h4-7,11H,1-3H2,(H,9,10);1H. The second-order valence-electron chi connectivity index (χ2n) is 3.11. The van der Waals surface area contributed by atoms with Gasteiger partial charge < -0.3 is 10.1 Å². The smallest absolute Gasteiger partial charge is 0.135 e. The molecule has 68 valence electrons. The van der Waals surface area contributed by atoms with E-state index in [2.05, 4.69) is 9.97 Å². The number of aromatic amines is 1. The summed E-state index contributed by atoms with van der Waals surface area (Å²) in [5.74, 6) is 1.16. The Kier molecular flexibility index (Phi) is 3.12. The van der Waals surface area contributed by atoms with E-state index in [1.54, 1.807) is 12.4 Å². The van der Waals surface area contributed by atoms with Crippen LogP contribution in [0.2, 0.25) is 0 Å². The van der Waals surface area contributed by atoms with E-state index >= 15 is 0 Å². The molecule has 1 unspecified atom stereocenters. The summed E-state index contributed by atoms with van der Waals surface area (Å²) in [7, 11) is 0. The van der Waals surface area contributed by atoms with Crippen molar-refractivity contribution < 1.29 is 5.11 Å². The van der Waals surface area contributed by atoms with Crippen molar-refractivity contribution in [1.82, 2.24) is 9.97 Å². The number of hydrogen-bond acceptors (Lipinski definition) is 2. The van der Waals surface area contributed by atoms with Crippen molar-refractivity contribution in [2.45, 2.75) is 25.4 Å². The van der Waals surface area contributed by atoms with Gasteiger partial charge in [0.05, 0.1) is 0 Å². The maximum absolute atomic E-state index is 9.64. The third kappa shape index (κ3) is 1.62. The Morgan fingerprint density at radius 2 is 2.33 bits per heavy atom. The monoisotopic (exact) mass is 188 g/mol. The predicted octanol–water partition coefficient (Wildman–Crippen LogP) is 1.66. The zero-order chi connectivity index (χ0) is 7.68. The molecule has 0 aromatic carbocycles. The number of imidazole rings is 1. The Hall–Kier alpha value is -0.540. The molecule has 0 bridgehead atoms. The molecule has 12 heavy (non-hydrogen) atoms. The fourth-order valence-corrected chi connectivity index (χ4v) is 1.42. The molecule has 0 saturated heterocycles. The minimum absolute atomic E-state index is 0. The lowest BCUT2D eigenvalue weighted by Crippen LogP contribution is -2.20. The van der Waals surface area contributed by atoms with Gasteiger partial charge in [0.15, 0.2) is 0 Å². The van der Waals surface area contributed by atoms with E-state index in [0.29, 0.717) is 5.92 Å². The fraction of sp³-hybridized carbons (Fsp3) is 0.625. The van der Waals surface area contributed by atoms with E-state index in [1.807, 2.05) is 0 Å². The van der Waals surface area contributed by atoms with Crippen LogP contribution in [0.3, 0.4) is 0 Å². The van der Waals surface area contributed by atoms with Gasteiger partial charge in [-0.1, -0.05) is 6.42 Å². The first-order chi connectivity index (χ1) is 5.38. The van der Waals surface area contributed by atoms with Crippen molar-refractivity contribution in [3.63, 3.8) is 0 Å². The van der Waals surface area contributed by atoms with Gasteiger partial charge in [0.25, 0.3) is 0 Å². The topological polar surface area (TPSA) is 48.9 Å². The number of hydrogen-bond donors (Lipinski definition) is 2. The van der Waals surface area contributed by atoms with Crippen LogP contribution < -0.4 is 0 Å². The molecule has 1 fully saturated rings. The number of halogens is 1. The molecule has 1 aliphatic carbocycles. The van der Waals surface area contributed by atoms with E-state index in [9.17, 15) is 5.11 Å². The van der Waals surface area contributed by atoms with Crippen LogP contribution in [-0.2, 0) is 0 Å². The fourth-order valence-electron chi connectivity index (χ4n) is 1.42. The van der Waals surface area contributed by atoms with Crippen LogP contribution in [0.5, 0.6) is 0 Å². The molecule has 0 spiro atoms. The number of nitrogens with one attached hydrogen (secondary N) is 1. The third-order valence-corrected chi connectivity index (χ3v) is 2.40. The summed E-state index contributed by atoms with van der Waals surface area (Å²) in [4.78, 5) is 6.94. The number of H-pyrrole nitrogens is 1. The van der Waals surface area contributed by atoms with Crippen LogP contribution in [0, 0.1) is 5.92 Å². The van der Waals surface area contributed by atoms with Crippen molar-refractivity contribution >= 4 is 12.4 Å². The first-order valence-electron chi connectivity index (χ1n) is 4.05. The maximum Gasteiger partial charge on any atom is 0.135 e. The van der Waals surface area contributed by atoms with Crippen LogP contribution in [-0.4, -0.2) is 15.1 Å². The highest BCUT2D eigenvalue weighted by Crippen LogP contribution is 2.36. The number of nitrogens with zero attached hydrogens (tertiary/aromatic N) is 1. The Morgan fingerprint density at radius 3 is 2.75 bits per heavy atom. The van der Waals surface area contributed by atoms with Crippen LogP contribution >= 0.6 is 12.4 Å². The van der Waals surface area contributed by atoms with Gasteiger partial charge in [-0.2, -0.15) is 0 Å². The molecule has 1 saturated carbocycles. The molecule has 2 rings (SSSR count). The molecule has 1 aromatic rings. The van der Waals surface area contributed by atoms with Gasteiger partial charge in [-0.05, 0) is 18.8 Å². The van der Waals surface area contributed by atoms with Crippen molar-refractivity contribution in [3.8, 4) is 0 Å². The summed E-state index contributed by atoms with van der Waals surface area (Å²) in [6.45, 7) is 0. The average Bonchev–Trinajstić information content (AvgIpc) is 2.32. The van der Waals surface area contributed by atoms with E-state index in [0.717, 1.165) is 18.7 Å². The second kappa shape index (κ2) is 3.92. The van der Waals surface area contributed by atoms with Gasteiger partial charge in [0.1, 0.15) is 11.9 Å². The molecule has 0 amide bonds. The second-order valence-corrected chi connectivity index (χ2v) is 3.11. The first-order valence-corrected chi connectivity index (χ1v) is 4.05. The van der Waals surface area contributed by atoms with Gasteiger partial charge in [0, 0.05) is 12.4 Å². The molecule has 1 atom stereocenters. The normalized spacial score (nSPS) is 19.4. The van der Waals surface area contributed by atoms with Gasteiger partial charge in [0.2, 0.25) is 0 Å². The number of aliphatic hydroxyl groups is 1. The Morgan fingerprint density at radius 1 is 1.58 bits per heavy atom. The molecular formula is C8H13ClN2O. The van der Waals surface area contributed by atoms with Crippen molar-refractivity contribution in [2.75, 3.05) is 0 Å². The summed E-state index contributed by atoms with van der Waals surface area (Å²) < 4.78 is 0. The lowest BCUT2D eigenvalue weighted by atomic mass is 9.81. The van der Waals surface area contributed by atoms with E-state index in [4.69, 9.17) is 0 Å². The summed E-state index contributed by atoms with van der Waals surface area (Å²) in [6.07, 6.45) is 6.60. The van der Waals surface area contributed by atoms with Crippen molar-refractivity contribution in [3.05, 3.63) is 18.2 Å². The highest BCUT2D eigenvalue weighted by Gasteiger charge is 2.27. The number of aliphatic hydroxyl groups excluding tert-OH is 1. The summed E-state index contributed by atoms with van der Waals surface area (Å²) in [6, 6.07) is 0. The Labute approximate surface area is 77.6 Å². The molecule has 0 radical (unpaired) electrons. The highest BCUT2D eigenvalue weighted by atomic mass is 35.5. The number of rotatable bonds is 2. The van der Waals surface area contributed by atoms with Gasteiger partial charge in [-0.3, -0.25) is 0 Å². The molecule has 0 aliphatic heterocycles. The van der Waals surface area contributed by atoms with Crippen LogP contribution in [0.4, 0.5) is 0 Å². The maximum atomic E-state index is 9.64. The predicted molar refractivity (Wildman–Crippen MR) is 48.1 cm³/mol. The minimum Gasteiger partial charge on any atom is -0.385 e. The third-order valence-electron chi connectivity index (χ3n) is 2.40. The summed E-state index contributed by atoms with van der Waals surface area (Å²) >= 11 is 0. The molecule has 1 heterocycles. The minimum atomic E-state index is -0.362. The SMILES string of the molecule is Cl.OC(c1ncc[nH]1)C1CCC1. The molecule has 2 N–H and O–H groups in total. The van der Waals surface area contributed by atoms with E-state index in [1.165, 1.54) is 6.42 Å². The highest BCUT2D eigenvalue weighted by molar-refractivity contribution is 5.85. The summed E-state index contributed by atoms with van der Waals surface area (Å²) in [5, 5.41) is 9.64. The molecule has 1 aromatic heterocycles. The number of aromatic nitrogens is 2.